The van der Waals surface area contributed by atoms with Crippen LogP contribution in [0.2, 0.25) is 5.02 Å². The molecule has 0 bridgehead atoms. The molecular weight excluding hydrogens is 220 g/mol. The highest BCUT2D eigenvalue weighted by molar-refractivity contribution is 7.84. The van der Waals surface area contributed by atoms with Crippen LogP contribution in [0.5, 0.6) is 0 Å². The molecule has 0 saturated carbocycles. The molecule has 14 heavy (non-hydrogen) atoms. The highest BCUT2D eigenvalue weighted by Gasteiger charge is 2.00. The summed E-state index contributed by atoms with van der Waals surface area (Å²) in [5.74, 6) is 1.98. The lowest BCUT2D eigenvalue weighted by molar-refractivity contribution is 0.684. The molecule has 0 aliphatic rings. The van der Waals surface area contributed by atoms with Crippen LogP contribution < -0.4 is 5.32 Å². The Labute approximate surface area is 91.3 Å². The lowest BCUT2D eigenvalue weighted by atomic mass is 10.4. The van der Waals surface area contributed by atoms with Gasteiger partial charge in [0.25, 0.3) is 0 Å². The van der Waals surface area contributed by atoms with E-state index >= 15 is 0 Å². The fourth-order valence-corrected chi connectivity index (χ4v) is 1.75. The van der Waals surface area contributed by atoms with E-state index in [2.05, 4.69) is 10.3 Å². The number of nitrogens with one attached hydrogen (secondary N) is 1. The van der Waals surface area contributed by atoms with Crippen LogP contribution in [0.3, 0.4) is 0 Å². The summed E-state index contributed by atoms with van der Waals surface area (Å²) in [6, 6.07) is 3.55. The average Bonchev–Trinajstić information content (AvgIpc) is 2.20. The molecule has 0 fully saturated rings. The number of nitrogens with zero attached hydrogens (tertiary/aromatic N) is 1. The normalized spacial score (nSPS) is 12.4. The van der Waals surface area contributed by atoms with Crippen LogP contribution in [0.1, 0.15) is 6.92 Å². The summed E-state index contributed by atoms with van der Waals surface area (Å²) in [4.78, 5) is 4.06. The molecule has 1 heterocycles. The smallest absolute Gasteiger partial charge is 0.144 e. The van der Waals surface area contributed by atoms with Crippen molar-refractivity contribution in [3.8, 4) is 0 Å². The Hall–Kier alpha value is -0.610. The number of hydrogen-bond acceptors (Lipinski definition) is 3. The first-order valence-electron chi connectivity index (χ1n) is 4.43. The molecule has 0 aliphatic carbocycles. The molecule has 0 saturated heterocycles. The molecule has 1 N–H and O–H groups in total. The fourth-order valence-electron chi connectivity index (χ4n) is 0.943. The van der Waals surface area contributed by atoms with Gasteiger partial charge in [-0.3, -0.25) is 4.21 Å². The van der Waals surface area contributed by atoms with E-state index in [0.29, 0.717) is 28.9 Å². The number of pyridine rings is 1. The van der Waals surface area contributed by atoms with E-state index in [0.717, 1.165) is 0 Å². The van der Waals surface area contributed by atoms with Crippen LogP contribution >= 0.6 is 11.6 Å². The SMILES string of the molecule is CCS(=O)CCNc1ncccc1Cl. The maximum absolute atomic E-state index is 11.1. The Morgan fingerprint density at radius 3 is 3.07 bits per heavy atom. The topological polar surface area (TPSA) is 42.0 Å². The van der Waals surface area contributed by atoms with E-state index in [4.69, 9.17) is 11.6 Å². The van der Waals surface area contributed by atoms with Gasteiger partial charge in [-0.05, 0) is 12.1 Å². The van der Waals surface area contributed by atoms with Crippen molar-refractivity contribution in [2.45, 2.75) is 6.92 Å². The number of hydrogen-bond donors (Lipinski definition) is 1. The largest absolute Gasteiger partial charge is 0.368 e. The third-order valence-electron chi connectivity index (χ3n) is 1.70. The molecule has 0 aliphatic heterocycles. The van der Waals surface area contributed by atoms with Crippen LogP contribution in [0.25, 0.3) is 0 Å². The summed E-state index contributed by atoms with van der Waals surface area (Å²) < 4.78 is 11.1. The highest BCUT2D eigenvalue weighted by atomic mass is 35.5. The average molecular weight is 233 g/mol. The lowest BCUT2D eigenvalue weighted by Gasteiger charge is -2.05. The van der Waals surface area contributed by atoms with Crippen LogP contribution in [0.15, 0.2) is 18.3 Å². The first-order valence-corrected chi connectivity index (χ1v) is 6.30. The predicted molar refractivity (Wildman–Crippen MR) is 61.3 cm³/mol. The van der Waals surface area contributed by atoms with Gasteiger partial charge in [0, 0.05) is 35.0 Å². The maximum Gasteiger partial charge on any atom is 0.144 e. The summed E-state index contributed by atoms with van der Waals surface area (Å²) in [6.07, 6.45) is 1.67. The van der Waals surface area contributed by atoms with Crippen molar-refractivity contribution in [1.29, 1.82) is 0 Å². The van der Waals surface area contributed by atoms with E-state index in [1.807, 2.05) is 6.92 Å². The van der Waals surface area contributed by atoms with E-state index in [-0.39, 0.29) is 0 Å². The minimum atomic E-state index is -0.741. The quantitative estimate of drug-likeness (QED) is 0.844. The van der Waals surface area contributed by atoms with E-state index in [1.165, 1.54) is 0 Å². The van der Waals surface area contributed by atoms with E-state index in [1.54, 1.807) is 18.3 Å². The molecule has 0 amide bonds. The monoisotopic (exact) mass is 232 g/mol. The standard InChI is InChI=1S/C9H13ClN2OS/c1-2-14(13)7-6-12-9-8(10)4-3-5-11-9/h3-5H,2,6-7H2,1H3,(H,11,12). The van der Waals surface area contributed by atoms with Gasteiger partial charge in [-0.15, -0.1) is 0 Å². The molecule has 1 aromatic heterocycles. The molecule has 5 heteroatoms. The molecule has 0 aromatic carbocycles. The third kappa shape index (κ3) is 3.64. The Kier molecular flexibility index (Phi) is 4.90. The van der Waals surface area contributed by atoms with Gasteiger partial charge >= 0.3 is 0 Å². The predicted octanol–water partition coefficient (Wildman–Crippen LogP) is 1.92. The van der Waals surface area contributed by atoms with Gasteiger partial charge < -0.3 is 5.32 Å². The van der Waals surface area contributed by atoms with Crippen LogP contribution in [-0.2, 0) is 10.8 Å². The van der Waals surface area contributed by atoms with Gasteiger partial charge in [0.1, 0.15) is 5.82 Å². The van der Waals surface area contributed by atoms with Crippen molar-refractivity contribution in [1.82, 2.24) is 4.98 Å². The molecule has 1 unspecified atom stereocenters. The van der Waals surface area contributed by atoms with Gasteiger partial charge in [0.2, 0.25) is 0 Å². The molecule has 0 radical (unpaired) electrons. The van der Waals surface area contributed by atoms with Crippen LogP contribution in [0.4, 0.5) is 5.82 Å². The molecule has 1 rings (SSSR count). The van der Waals surface area contributed by atoms with E-state index in [9.17, 15) is 4.21 Å². The molecule has 1 aromatic rings. The number of rotatable bonds is 5. The van der Waals surface area contributed by atoms with E-state index < -0.39 is 10.8 Å². The number of aromatic nitrogens is 1. The maximum atomic E-state index is 11.1. The Morgan fingerprint density at radius 1 is 1.64 bits per heavy atom. The number of halogens is 1. The summed E-state index contributed by atoms with van der Waals surface area (Å²) in [5, 5.41) is 3.63. The summed E-state index contributed by atoms with van der Waals surface area (Å²) >= 11 is 5.87. The highest BCUT2D eigenvalue weighted by Crippen LogP contribution is 2.16. The van der Waals surface area contributed by atoms with Crippen molar-refractivity contribution in [2.24, 2.45) is 0 Å². The summed E-state index contributed by atoms with van der Waals surface area (Å²) in [5.41, 5.74) is 0. The molecule has 1 atom stereocenters. The minimum Gasteiger partial charge on any atom is -0.368 e. The van der Waals surface area contributed by atoms with Crippen molar-refractivity contribution >= 4 is 28.2 Å². The Morgan fingerprint density at radius 2 is 2.43 bits per heavy atom. The van der Waals surface area contributed by atoms with Gasteiger partial charge in [0.05, 0.1) is 5.02 Å². The third-order valence-corrected chi connectivity index (χ3v) is 3.31. The zero-order valence-corrected chi connectivity index (χ0v) is 9.57. The molecule has 3 nitrogen and oxygen atoms in total. The van der Waals surface area contributed by atoms with Crippen LogP contribution in [-0.4, -0.2) is 27.2 Å². The number of anilines is 1. The van der Waals surface area contributed by atoms with Gasteiger partial charge in [-0.25, -0.2) is 4.98 Å². The second-order valence-electron chi connectivity index (χ2n) is 2.69. The van der Waals surface area contributed by atoms with Crippen LogP contribution in [0, 0.1) is 0 Å². The second kappa shape index (κ2) is 5.98. The minimum absolute atomic E-state index is 0.592. The zero-order valence-electron chi connectivity index (χ0n) is 8.00. The van der Waals surface area contributed by atoms with Gasteiger partial charge in [0.15, 0.2) is 0 Å². The second-order valence-corrected chi connectivity index (χ2v) is 4.97. The summed E-state index contributed by atoms with van der Waals surface area (Å²) in [7, 11) is -0.741. The molecule has 0 spiro atoms. The van der Waals surface area contributed by atoms with Crippen molar-refractivity contribution < 1.29 is 4.21 Å². The Balaban J connectivity index is 2.39. The lowest BCUT2D eigenvalue weighted by Crippen LogP contribution is -2.12. The van der Waals surface area contributed by atoms with Gasteiger partial charge in [-0.1, -0.05) is 18.5 Å². The summed E-state index contributed by atoms with van der Waals surface area (Å²) in [6.45, 7) is 2.54. The molecule has 78 valence electrons. The zero-order chi connectivity index (χ0) is 10.4. The van der Waals surface area contributed by atoms with Crippen molar-refractivity contribution in [3.63, 3.8) is 0 Å². The molecular formula is C9H13ClN2OS. The fraction of sp³-hybridized carbons (Fsp3) is 0.444. The van der Waals surface area contributed by atoms with Gasteiger partial charge in [-0.2, -0.15) is 0 Å². The van der Waals surface area contributed by atoms with Crippen molar-refractivity contribution in [2.75, 3.05) is 23.4 Å². The first kappa shape index (κ1) is 11.5. The first-order chi connectivity index (χ1) is 6.74. The van der Waals surface area contributed by atoms with Crippen molar-refractivity contribution in [3.05, 3.63) is 23.4 Å². The Bertz CT molecular complexity index is 319.